The fourth-order valence-electron chi connectivity index (χ4n) is 1.98. The molecule has 0 radical (unpaired) electrons. The van der Waals surface area contributed by atoms with Crippen LogP contribution in [0.2, 0.25) is 0 Å². The molecule has 0 aromatic carbocycles. The van der Waals surface area contributed by atoms with Gasteiger partial charge in [-0.3, -0.25) is 4.68 Å². The summed E-state index contributed by atoms with van der Waals surface area (Å²) in [5, 5.41) is 15.6. The van der Waals surface area contributed by atoms with Crippen LogP contribution in [0.1, 0.15) is 28.8 Å². The molecule has 6 heteroatoms. The molecule has 1 N–H and O–H groups in total. The maximum Gasteiger partial charge on any atom is 0.138 e. The topological polar surface area (TPSA) is 68.5 Å². The van der Waals surface area contributed by atoms with Crippen molar-refractivity contribution in [1.82, 2.24) is 30.3 Å². The molecule has 0 spiro atoms. The van der Waals surface area contributed by atoms with E-state index in [1.54, 1.807) is 11.0 Å². The summed E-state index contributed by atoms with van der Waals surface area (Å²) in [5.74, 6) is 0.947. The van der Waals surface area contributed by atoms with Crippen molar-refractivity contribution >= 4 is 0 Å². The Morgan fingerprint density at radius 3 is 2.72 bits per heavy atom. The van der Waals surface area contributed by atoms with Crippen LogP contribution in [-0.2, 0) is 13.5 Å². The first-order valence-corrected chi connectivity index (χ1v) is 5.92. The number of hydrogen-bond donors (Lipinski definition) is 1. The van der Waals surface area contributed by atoms with Crippen LogP contribution in [0.4, 0.5) is 0 Å². The summed E-state index contributed by atoms with van der Waals surface area (Å²) < 4.78 is 1.79. The highest BCUT2D eigenvalue weighted by atomic mass is 15.3. The Morgan fingerprint density at radius 2 is 2.11 bits per heavy atom. The van der Waals surface area contributed by atoms with Crippen molar-refractivity contribution in [2.45, 2.75) is 26.3 Å². The number of nitrogens with zero attached hydrogens (tertiary/aromatic N) is 5. The first-order valence-electron chi connectivity index (χ1n) is 5.92. The molecule has 2 rings (SSSR count). The van der Waals surface area contributed by atoms with Gasteiger partial charge in [0.05, 0.1) is 11.4 Å². The lowest BCUT2D eigenvalue weighted by molar-refractivity contribution is 0.546. The highest BCUT2D eigenvalue weighted by molar-refractivity contribution is 5.24. The summed E-state index contributed by atoms with van der Waals surface area (Å²) in [6, 6.07) is 2.24. The van der Waals surface area contributed by atoms with Crippen molar-refractivity contribution in [2.75, 3.05) is 7.05 Å². The Labute approximate surface area is 106 Å². The lowest BCUT2D eigenvalue weighted by Gasteiger charge is -2.17. The van der Waals surface area contributed by atoms with E-state index in [9.17, 15) is 0 Å². The molecule has 0 amide bonds. The number of likely N-dealkylation sites (N-methyl/N-ethyl adjacent to an activating group) is 1. The second kappa shape index (κ2) is 5.22. The third kappa shape index (κ3) is 2.53. The molecule has 18 heavy (non-hydrogen) atoms. The molecule has 2 heterocycles. The van der Waals surface area contributed by atoms with Gasteiger partial charge in [-0.2, -0.15) is 15.3 Å². The average molecular weight is 246 g/mol. The molecule has 2 aromatic rings. The predicted octanol–water partition coefficient (Wildman–Crippen LogP) is 0.725. The summed E-state index contributed by atoms with van der Waals surface area (Å²) in [6.45, 7) is 3.92. The first kappa shape index (κ1) is 12.6. The summed E-state index contributed by atoms with van der Waals surface area (Å²) in [5.41, 5.74) is 3.03. The van der Waals surface area contributed by atoms with Crippen LogP contribution >= 0.6 is 0 Å². The van der Waals surface area contributed by atoms with Gasteiger partial charge in [-0.15, -0.1) is 0 Å². The largest absolute Gasteiger partial charge is 0.313 e. The van der Waals surface area contributed by atoms with E-state index < -0.39 is 0 Å². The van der Waals surface area contributed by atoms with E-state index >= 15 is 0 Å². The SMILES string of the molecule is CNC(Cc1ncnn1C)c1cc(C)nnc1C. The van der Waals surface area contributed by atoms with E-state index in [0.717, 1.165) is 29.2 Å². The van der Waals surface area contributed by atoms with E-state index in [-0.39, 0.29) is 6.04 Å². The maximum atomic E-state index is 4.26. The molecule has 1 unspecified atom stereocenters. The smallest absolute Gasteiger partial charge is 0.138 e. The van der Waals surface area contributed by atoms with Crippen LogP contribution in [0.25, 0.3) is 0 Å². The van der Waals surface area contributed by atoms with Gasteiger partial charge in [0.2, 0.25) is 0 Å². The normalized spacial score (nSPS) is 12.7. The minimum absolute atomic E-state index is 0.169. The van der Waals surface area contributed by atoms with E-state index in [4.69, 9.17) is 0 Å². The Kier molecular flexibility index (Phi) is 3.66. The van der Waals surface area contributed by atoms with Gasteiger partial charge in [0.15, 0.2) is 0 Å². The fourth-order valence-corrected chi connectivity index (χ4v) is 1.98. The van der Waals surface area contributed by atoms with Crippen LogP contribution in [0, 0.1) is 13.8 Å². The minimum Gasteiger partial charge on any atom is -0.313 e. The van der Waals surface area contributed by atoms with E-state index in [0.29, 0.717) is 0 Å². The zero-order chi connectivity index (χ0) is 13.1. The number of hydrogen-bond acceptors (Lipinski definition) is 5. The van der Waals surface area contributed by atoms with Gasteiger partial charge in [0.25, 0.3) is 0 Å². The summed E-state index contributed by atoms with van der Waals surface area (Å²) >= 11 is 0. The van der Waals surface area contributed by atoms with Crippen LogP contribution in [0.15, 0.2) is 12.4 Å². The Bertz CT molecular complexity index is 533. The van der Waals surface area contributed by atoms with Crippen molar-refractivity contribution in [1.29, 1.82) is 0 Å². The first-order chi connectivity index (χ1) is 8.61. The van der Waals surface area contributed by atoms with Gasteiger partial charge in [0.1, 0.15) is 12.2 Å². The van der Waals surface area contributed by atoms with E-state index in [1.165, 1.54) is 0 Å². The maximum absolute atomic E-state index is 4.26. The lowest BCUT2D eigenvalue weighted by atomic mass is 10.0. The molecular formula is C12H18N6. The summed E-state index contributed by atoms with van der Waals surface area (Å²) in [7, 11) is 3.84. The van der Waals surface area contributed by atoms with Crippen LogP contribution in [-0.4, -0.2) is 32.0 Å². The molecule has 0 fully saturated rings. The zero-order valence-electron chi connectivity index (χ0n) is 11.2. The summed E-state index contributed by atoms with van der Waals surface area (Å²) in [4.78, 5) is 4.26. The molecule has 2 aromatic heterocycles. The second-order valence-corrected chi connectivity index (χ2v) is 4.37. The molecule has 96 valence electrons. The van der Waals surface area contributed by atoms with Crippen molar-refractivity contribution in [2.24, 2.45) is 7.05 Å². The third-order valence-electron chi connectivity index (χ3n) is 3.06. The Balaban J connectivity index is 2.28. The van der Waals surface area contributed by atoms with Gasteiger partial charge in [-0.1, -0.05) is 0 Å². The monoisotopic (exact) mass is 246 g/mol. The average Bonchev–Trinajstić information content (AvgIpc) is 2.75. The van der Waals surface area contributed by atoms with Gasteiger partial charge in [-0.05, 0) is 32.5 Å². The molecule has 0 aliphatic rings. The molecule has 0 aliphatic heterocycles. The quantitative estimate of drug-likeness (QED) is 0.861. The second-order valence-electron chi connectivity index (χ2n) is 4.37. The summed E-state index contributed by atoms with van der Waals surface area (Å²) in [6.07, 6.45) is 2.35. The van der Waals surface area contributed by atoms with Crippen LogP contribution in [0.3, 0.4) is 0 Å². The fraction of sp³-hybridized carbons (Fsp3) is 0.500. The number of rotatable bonds is 4. The Hall–Kier alpha value is -1.82. The molecule has 1 atom stereocenters. The van der Waals surface area contributed by atoms with E-state index in [2.05, 4.69) is 31.7 Å². The Morgan fingerprint density at radius 1 is 1.33 bits per heavy atom. The van der Waals surface area contributed by atoms with E-state index in [1.807, 2.05) is 27.9 Å². The van der Waals surface area contributed by atoms with Gasteiger partial charge in [-0.25, -0.2) is 4.98 Å². The van der Waals surface area contributed by atoms with Gasteiger partial charge >= 0.3 is 0 Å². The number of aryl methyl sites for hydroxylation is 3. The molecule has 0 saturated heterocycles. The molecule has 0 saturated carbocycles. The van der Waals surface area contributed by atoms with Crippen molar-refractivity contribution in [3.05, 3.63) is 35.2 Å². The highest BCUT2D eigenvalue weighted by Crippen LogP contribution is 2.19. The standard InChI is InChI=1S/C12H18N6/c1-8-5-10(9(2)17-16-8)11(13-3)6-12-14-7-15-18(12)4/h5,7,11,13H,6H2,1-4H3. The number of nitrogens with one attached hydrogen (secondary N) is 1. The molecule has 0 aliphatic carbocycles. The molecular weight excluding hydrogens is 228 g/mol. The van der Waals surface area contributed by atoms with Crippen LogP contribution < -0.4 is 5.32 Å². The molecule has 6 nitrogen and oxygen atoms in total. The third-order valence-corrected chi connectivity index (χ3v) is 3.06. The lowest BCUT2D eigenvalue weighted by Crippen LogP contribution is -2.22. The highest BCUT2D eigenvalue weighted by Gasteiger charge is 2.16. The zero-order valence-corrected chi connectivity index (χ0v) is 11.2. The van der Waals surface area contributed by atoms with Crippen molar-refractivity contribution in [3.8, 4) is 0 Å². The van der Waals surface area contributed by atoms with Crippen LogP contribution in [0.5, 0.6) is 0 Å². The number of aromatic nitrogens is 5. The van der Waals surface area contributed by atoms with Gasteiger partial charge in [0, 0.05) is 19.5 Å². The minimum atomic E-state index is 0.169. The van der Waals surface area contributed by atoms with Crippen molar-refractivity contribution < 1.29 is 0 Å². The van der Waals surface area contributed by atoms with Crippen molar-refractivity contribution in [3.63, 3.8) is 0 Å². The van der Waals surface area contributed by atoms with Gasteiger partial charge < -0.3 is 5.32 Å². The molecule has 0 bridgehead atoms. The predicted molar refractivity (Wildman–Crippen MR) is 68.0 cm³/mol.